The highest BCUT2D eigenvalue weighted by molar-refractivity contribution is 5.81. The van der Waals surface area contributed by atoms with Crippen LogP contribution in [0.25, 0.3) is 0 Å². The van der Waals surface area contributed by atoms with Crippen LogP contribution in [0.4, 0.5) is 0 Å². The summed E-state index contributed by atoms with van der Waals surface area (Å²) in [6.45, 7) is 14.3. The predicted octanol–water partition coefficient (Wildman–Crippen LogP) is 1.86. The Morgan fingerprint density at radius 2 is 1.74 bits per heavy atom. The van der Waals surface area contributed by atoms with Gasteiger partial charge in [0.2, 0.25) is 5.91 Å². The lowest BCUT2D eigenvalue weighted by Gasteiger charge is -2.31. The van der Waals surface area contributed by atoms with E-state index in [0.717, 1.165) is 19.5 Å². The second-order valence-corrected chi connectivity index (χ2v) is 7.23. The Kier molecular flexibility index (Phi) is 7.01. The van der Waals surface area contributed by atoms with Crippen molar-refractivity contribution in [1.82, 2.24) is 15.5 Å². The van der Waals surface area contributed by atoms with Crippen LogP contribution in [0.1, 0.15) is 48.0 Å². The van der Waals surface area contributed by atoms with Crippen LogP contribution in [0, 0.1) is 5.41 Å². The number of nitrogens with one attached hydrogen (secondary N) is 2. The molecular formula is C15H33N3O. The van der Waals surface area contributed by atoms with E-state index in [2.05, 4.69) is 50.4 Å². The Bertz CT molecular complexity index is 285. The lowest BCUT2D eigenvalue weighted by Crippen LogP contribution is -2.52. The molecular weight excluding hydrogens is 238 g/mol. The van der Waals surface area contributed by atoms with Gasteiger partial charge in [0.15, 0.2) is 0 Å². The maximum Gasteiger partial charge on any atom is 0.237 e. The number of amides is 1. The molecule has 19 heavy (non-hydrogen) atoms. The summed E-state index contributed by atoms with van der Waals surface area (Å²) >= 11 is 0. The summed E-state index contributed by atoms with van der Waals surface area (Å²) in [5.41, 5.74) is 0.0183. The van der Waals surface area contributed by atoms with Gasteiger partial charge in [-0.2, -0.15) is 0 Å². The second-order valence-electron chi connectivity index (χ2n) is 7.23. The van der Waals surface area contributed by atoms with E-state index in [9.17, 15) is 4.79 Å². The zero-order valence-corrected chi connectivity index (χ0v) is 14.1. The lowest BCUT2D eigenvalue weighted by molar-refractivity contribution is -0.124. The molecule has 2 N–H and O–H groups in total. The number of rotatable bonds is 8. The zero-order chi connectivity index (χ0) is 15.3. The van der Waals surface area contributed by atoms with Gasteiger partial charge in [-0.3, -0.25) is 4.79 Å². The van der Waals surface area contributed by atoms with Gasteiger partial charge in [-0.25, -0.2) is 0 Å². The average molecular weight is 271 g/mol. The number of hydrogen-bond acceptors (Lipinski definition) is 3. The summed E-state index contributed by atoms with van der Waals surface area (Å²) < 4.78 is 0. The molecule has 0 heterocycles. The molecule has 0 aromatic heterocycles. The van der Waals surface area contributed by atoms with E-state index in [1.54, 1.807) is 0 Å². The third-order valence-corrected chi connectivity index (χ3v) is 3.37. The monoisotopic (exact) mass is 271 g/mol. The molecule has 0 rings (SSSR count). The minimum atomic E-state index is -0.160. The fourth-order valence-corrected chi connectivity index (χ4v) is 1.96. The standard InChI is InChI=1S/C15H33N3O/c1-9-15(5,6)17-13(19)12(2)16-10-14(3,4)11-18(7)8/h12,16H,9-11H2,1-8H3,(H,17,19). The van der Waals surface area contributed by atoms with Crippen molar-refractivity contribution in [3.8, 4) is 0 Å². The van der Waals surface area contributed by atoms with E-state index >= 15 is 0 Å². The fourth-order valence-electron chi connectivity index (χ4n) is 1.96. The van der Waals surface area contributed by atoms with Gasteiger partial charge in [0.25, 0.3) is 0 Å². The predicted molar refractivity (Wildman–Crippen MR) is 82.3 cm³/mol. The molecule has 114 valence electrons. The van der Waals surface area contributed by atoms with Crippen LogP contribution < -0.4 is 10.6 Å². The molecule has 0 radical (unpaired) electrons. The molecule has 1 unspecified atom stereocenters. The van der Waals surface area contributed by atoms with Gasteiger partial charge in [-0.05, 0) is 46.7 Å². The van der Waals surface area contributed by atoms with Crippen molar-refractivity contribution >= 4 is 5.91 Å². The highest BCUT2D eigenvalue weighted by atomic mass is 16.2. The van der Waals surface area contributed by atoms with Gasteiger partial charge in [-0.15, -0.1) is 0 Å². The van der Waals surface area contributed by atoms with Crippen LogP contribution in [0.2, 0.25) is 0 Å². The molecule has 4 heteroatoms. The van der Waals surface area contributed by atoms with Crippen molar-refractivity contribution in [3.05, 3.63) is 0 Å². The first kappa shape index (κ1) is 18.4. The number of carbonyl (C=O) groups is 1. The van der Waals surface area contributed by atoms with Crippen LogP contribution in [-0.2, 0) is 4.79 Å². The summed E-state index contributed by atoms with van der Waals surface area (Å²) in [5.74, 6) is 0.0764. The second kappa shape index (κ2) is 7.25. The molecule has 0 saturated carbocycles. The summed E-state index contributed by atoms with van der Waals surface area (Å²) in [4.78, 5) is 14.2. The molecule has 1 amide bonds. The van der Waals surface area contributed by atoms with Crippen molar-refractivity contribution in [2.45, 2.75) is 59.5 Å². The van der Waals surface area contributed by atoms with Crippen molar-refractivity contribution in [2.24, 2.45) is 5.41 Å². The molecule has 0 aliphatic carbocycles. The highest BCUT2D eigenvalue weighted by Gasteiger charge is 2.24. The Hall–Kier alpha value is -0.610. The third kappa shape index (κ3) is 8.22. The summed E-state index contributed by atoms with van der Waals surface area (Å²) in [6.07, 6.45) is 0.928. The Morgan fingerprint density at radius 1 is 1.21 bits per heavy atom. The van der Waals surface area contributed by atoms with Crippen LogP contribution in [-0.4, -0.2) is 49.6 Å². The Labute approximate surface area is 119 Å². The van der Waals surface area contributed by atoms with E-state index < -0.39 is 0 Å². The molecule has 0 bridgehead atoms. The molecule has 0 spiro atoms. The largest absolute Gasteiger partial charge is 0.350 e. The van der Waals surface area contributed by atoms with Gasteiger partial charge < -0.3 is 15.5 Å². The summed E-state index contributed by atoms with van der Waals surface area (Å²) in [6, 6.07) is -0.160. The number of nitrogens with zero attached hydrogens (tertiary/aromatic N) is 1. The Balaban J connectivity index is 4.24. The normalized spacial score (nSPS) is 14.6. The van der Waals surface area contributed by atoms with Gasteiger partial charge in [0.05, 0.1) is 6.04 Å². The van der Waals surface area contributed by atoms with E-state index in [1.807, 2.05) is 20.8 Å². The number of hydrogen-bond donors (Lipinski definition) is 2. The van der Waals surface area contributed by atoms with Gasteiger partial charge in [0, 0.05) is 18.6 Å². The summed E-state index contributed by atoms with van der Waals surface area (Å²) in [5, 5.41) is 6.41. The van der Waals surface area contributed by atoms with E-state index in [1.165, 1.54) is 0 Å². The van der Waals surface area contributed by atoms with Gasteiger partial charge in [0.1, 0.15) is 0 Å². The highest BCUT2D eigenvalue weighted by Crippen LogP contribution is 2.14. The first-order valence-corrected chi connectivity index (χ1v) is 7.19. The smallest absolute Gasteiger partial charge is 0.237 e. The SMILES string of the molecule is CCC(C)(C)NC(=O)C(C)NCC(C)(C)CN(C)C. The molecule has 4 nitrogen and oxygen atoms in total. The van der Waals surface area contributed by atoms with Crippen molar-refractivity contribution in [3.63, 3.8) is 0 Å². The first-order chi connectivity index (χ1) is 8.49. The van der Waals surface area contributed by atoms with Crippen molar-refractivity contribution in [2.75, 3.05) is 27.2 Å². The molecule has 0 aromatic carbocycles. The molecule has 0 fully saturated rings. The van der Waals surface area contributed by atoms with Crippen LogP contribution in [0.5, 0.6) is 0 Å². The average Bonchev–Trinajstić information content (AvgIpc) is 2.23. The molecule has 0 aromatic rings. The topological polar surface area (TPSA) is 44.4 Å². The quantitative estimate of drug-likeness (QED) is 0.708. The van der Waals surface area contributed by atoms with Crippen LogP contribution in [0.3, 0.4) is 0 Å². The molecule has 0 saturated heterocycles. The molecule has 0 aliphatic heterocycles. The maximum atomic E-state index is 12.1. The van der Waals surface area contributed by atoms with Crippen molar-refractivity contribution in [1.29, 1.82) is 0 Å². The Morgan fingerprint density at radius 3 is 2.16 bits per heavy atom. The lowest BCUT2D eigenvalue weighted by atomic mass is 9.92. The third-order valence-electron chi connectivity index (χ3n) is 3.37. The number of carbonyl (C=O) groups excluding carboxylic acids is 1. The van der Waals surface area contributed by atoms with E-state index in [4.69, 9.17) is 0 Å². The van der Waals surface area contributed by atoms with Gasteiger partial charge >= 0.3 is 0 Å². The maximum absolute atomic E-state index is 12.1. The van der Waals surface area contributed by atoms with E-state index in [-0.39, 0.29) is 22.9 Å². The zero-order valence-electron chi connectivity index (χ0n) is 14.1. The minimum absolute atomic E-state index is 0.0764. The molecule has 0 aliphatic rings. The van der Waals surface area contributed by atoms with Crippen LogP contribution >= 0.6 is 0 Å². The summed E-state index contributed by atoms with van der Waals surface area (Å²) in [7, 11) is 4.14. The fraction of sp³-hybridized carbons (Fsp3) is 0.933. The minimum Gasteiger partial charge on any atom is -0.350 e. The first-order valence-electron chi connectivity index (χ1n) is 7.19. The van der Waals surface area contributed by atoms with Crippen LogP contribution in [0.15, 0.2) is 0 Å². The van der Waals surface area contributed by atoms with Crippen molar-refractivity contribution < 1.29 is 4.79 Å². The van der Waals surface area contributed by atoms with E-state index in [0.29, 0.717) is 0 Å². The van der Waals surface area contributed by atoms with Gasteiger partial charge in [-0.1, -0.05) is 20.8 Å². The molecule has 1 atom stereocenters.